The number of para-hydroxylation sites is 2. The molecule has 0 aliphatic carbocycles. The second-order valence-corrected chi connectivity index (χ2v) is 6.30. The molecule has 5 heteroatoms. The van der Waals surface area contributed by atoms with Gasteiger partial charge in [0, 0.05) is 23.2 Å². The minimum absolute atomic E-state index is 0.288. The van der Waals surface area contributed by atoms with Gasteiger partial charge in [0.15, 0.2) is 6.29 Å². The molecule has 0 amide bonds. The van der Waals surface area contributed by atoms with Crippen LogP contribution in [0.5, 0.6) is 0 Å². The van der Waals surface area contributed by atoms with Crippen molar-refractivity contribution in [1.82, 2.24) is 9.55 Å². The SMILES string of the molecule is CCOC(Cn1c(-c2cccc(Br)c2)nc2ccccc21)OCC. The van der Waals surface area contributed by atoms with Gasteiger partial charge in [0.1, 0.15) is 5.82 Å². The lowest BCUT2D eigenvalue weighted by molar-refractivity contribution is -0.142. The van der Waals surface area contributed by atoms with Crippen molar-refractivity contribution < 1.29 is 9.47 Å². The van der Waals surface area contributed by atoms with Crippen LogP contribution in [0.15, 0.2) is 53.0 Å². The molecule has 0 saturated heterocycles. The zero-order valence-electron chi connectivity index (χ0n) is 13.9. The zero-order valence-corrected chi connectivity index (χ0v) is 15.5. The fourth-order valence-electron chi connectivity index (χ4n) is 2.78. The van der Waals surface area contributed by atoms with E-state index < -0.39 is 0 Å². The minimum atomic E-state index is -0.288. The van der Waals surface area contributed by atoms with Crippen LogP contribution in [0.4, 0.5) is 0 Å². The molecule has 0 atom stereocenters. The summed E-state index contributed by atoms with van der Waals surface area (Å²) in [5, 5.41) is 0. The van der Waals surface area contributed by atoms with Gasteiger partial charge in [0.2, 0.25) is 0 Å². The first-order valence-corrected chi connectivity index (χ1v) is 8.96. The standard InChI is InChI=1S/C19H21BrN2O2/c1-3-23-18(24-4-2)13-22-17-11-6-5-10-16(17)21-19(22)14-8-7-9-15(20)12-14/h5-12,18H,3-4,13H2,1-2H3. The summed E-state index contributed by atoms with van der Waals surface area (Å²) in [5.41, 5.74) is 3.11. The molecule has 0 radical (unpaired) electrons. The third kappa shape index (κ3) is 3.69. The number of ether oxygens (including phenoxy) is 2. The highest BCUT2D eigenvalue weighted by molar-refractivity contribution is 9.10. The lowest BCUT2D eigenvalue weighted by Crippen LogP contribution is -2.24. The van der Waals surface area contributed by atoms with Crippen LogP contribution in [0.1, 0.15) is 13.8 Å². The van der Waals surface area contributed by atoms with E-state index >= 15 is 0 Å². The van der Waals surface area contributed by atoms with Gasteiger partial charge < -0.3 is 14.0 Å². The molecule has 0 saturated carbocycles. The van der Waals surface area contributed by atoms with Gasteiger partial charge in [-0.2, -0.15) is 0 Å². The smallest absolute Gasteiger partial charge is 0.175 e. The Balaban J connectivity index is 2.08. The highest BCUT2D eigenvalue weighted by Gasteiger charge is 2.17. The maximum Gasteiger partial charge on any atom is 0.175 e. The number of aromatic nitrogens is 2. The molecule has 4 nitrogen and oxygen atoms in total. The highest BCUT2D eigenvalue weighted by atomic mass is 79.9. The number of hydrogen-bond acceptors (Lipinski definition) is 3. The first-order chi connectivity index (χ1) is 11.7. The van der Waals surface area contributed by atoms with Crippen LogP contribution in [0.25, 0.3) is 22.4 Å². The monoisotopic (exact) mass is 388 g/mol. The quantitative estimate of drug-likeness (QED) is 0.542. The summed E-state index contributed by atoms with van der Waals surface area (Å²) < 4.78 is 14.7. The van der Waals surface area contributed by atoms with E-state index in [1.807, 2.05) is 44.2 Å². The van der Waals surface area contributed by atoms with Crippen molar-refractivity contribution in [3.8, 4) is 11.4 Å². The molecule has 0 bridgehead atoms. The van der Waals surface area contributed by atoms with Crippen molar-refractivity contribution in [3.05, 3.63) is 53.0 Å². The molecule has 0 spiro atoms. The fourth-order valence-corrected chi connectivity index (χ4v) is 3.18. The Kier molecular flexibility index (Phi) is 5.66. The van der Waals surface area contributed by atoms with Crippen LogP contribution < -0.4 is 0 Å². The molecule has 24 heavy (non-hydrogen) atoms. The maximum atomic E-state index is 5.74. The van der Waals surface area contributed by atoms with Crippen molar-refractivity contribution in [3.63, 3.8) is 0 Å². The van der Waals surface area contributed by atoms with E-state index in [0.717, 1.165) is 26.9 Å². The Morgan fingerprint density at radius 3 is 2.50 bits per heavy atom. The number of halogens is 1. The molecule has 1 aromatic heterocycles. The number of imidazole rings is 1. The third-order valence-corrected chi connectivity index (χ3v) is 4.27. The minimum Gasteiger partial charge on any atom is -0.351 e. The maximum absolute atomic E-state index is 5.74. The van der Waals surface area contributed by atoms with Crippen molar-refractivity contribution in [2.24, 2.45) is 0 Å². The Labute approximate surface area is 150 Å². The van der Waals surface area contributed by atoms with E-state index in [1.165, 1.54) is 0 Å². The highest BCUT2D eigenvalue weighted by Crippen LogP contribution is 2.27. The molecular weight excluding hydrogens is 368 g/mol. The number of rotatable bonds is 7. The number of benzene rings is 2. The molecule has 3 aromatic rings. The van der Waals surface area contributed by atoms with Gasteiger partial charge in [0.05, 0.1) is 17.6 Å². The van der Waals surface area contributed by atoms with Gasteiger partial charge >= 0.3 is 0 Å². The Morgan fingerprint density at radius 2 is 1.79 bits per heavy atom. The molecule has 1 heterocycles. The molecule has 0 N–H and O–H groups in total. The molecule has 0 aliphatic rings. The molecule has 0 aliphatic heterocycles. The first-order valence-electron chi connectivity index (χ1n) is 8.17. The van der Waals surface area contributed by atoms with Crippen molar-refractivity contribution >= 4 is 27.0 Å². The lowest BCUT2D eigenvalue weighted by atomic mass is 10.2. The molecular formula is C19H21BrN2O2. The summed E-state index contributed by atoms with van der Waals surface area (Å²) in [6.45, 7) is 5.79. The Bertz CT molecular complexity index is 810. The van der Waals surface area contributed by atoms with Crippen LogP contribution in [0, 0.1) is 0 Å². The van der Waals surface area contributed by atoms with E-state index in [-0.39, 0.29) is 6.29 Å². The summed E-state index contributed by atoms with van der Waals surface area (Å²) in [5.74, 6) is 0.918. The molecule has 2 aromatic carbocycles. The third-order valence-electron chi connectivity index (χ3n) is 3.77. The lowest BCUT2D eigenvalue weighted by Gasteiger charge is -2.19. The van der Waals surface area contributed by atoms with Crippen LogP contribution >= 0.6 is 15.9 Å². The van der Waals surface area contributed by atoms with Crippen LogP contribution in [0.2, 0.25) is 0 Å². The van der Waals surface area contributed by atoms with Crippen molar-refractivity contribution in [2.45, 2.75) is 26.7 Å². The van der Waals surface area contributed by atoms with Gasteiger partial charge in [-0.25, -0.2) is 4.98 Å². The molecule has 0 unspecified atom stereocenters. The van der Waals surface area contributed by atoms with Gasteiger partial charge in [0.25, 0.3) is 0 Å². The summed E-state index contributed by atoms with van der Waals surface area (Å²) in [4.78, 5) is 4.83. The predicted octanol–water partition coefficient (Wildman–Crippen LogP) is 4.86. The fraction of sp³-hybridized carbons (Fsp3) is 0.316. The summed E-state index contributed by atoms with van der Waals surface area (Å²) in [7, 11) is 0. The number of hydrogen-bond donors (Lipinski definition) is 0. The normalized spacial score (nSPS) is 11.5. The number of nitrogens with zero attached hydrogens (tertiary/aromatic N) is 2. The molecule has 3 rings (SSSR count). The largest absolute Gasteiger partial charge is 0.351 e. The van der Waals surface area contributed by atoms with E-state index in [2.05, 4.69) is 38.7 Å². The van der Waals surface area contributed by atoms with E-state index in [1.54, 1.807) is 0 Å². The van der Waals surface area contributed by atoms with Crippen LogP contribution in [-0.4, -0.2) is 29.1 Å². The van der Waals surface area contributed by atoms with E-state index in [4.69, 9.17) is 14.5 Å². The molecule has 0 fully saturated rings. The number of fused-ring (bicyclic) bond motifs is 1. The Hall–Kier alpha value is -1.69. The van der Waals surface area contributed by atoms with Crippen LogP contribution in [0.3, 0.4) is 0 Å². The average Bonchev–Trinajstić information content (AvgIpc) is 2.94. The van der Waals surface area contributed by atoms with Crippen LogP contribution in [-0.2, 0) is 16.0 Å². The summed E-state index contributed by atoms with van der Waals surface area (Å²) in [6.07, 6.45) is -0.288. The van der Waals surface area contributed by atoms with E-state index in [9.17, 15) is 0 Å². The van der Waals surface area contributed by atoms with Crippen molar-refractivity contribution in [2.75, 3.05) is 13.2 Å². The van der Waals surface area contributed by atoms with Gasteiger partial charge in [-0.15, -0.1) is 0 Å². The summed E-state index contributed by atoms with van der Waals surface area (Å²) >= 11 is 3.54. The Morgan fingerprint density at radius 1 is 1.04 bits per heavy atom. The second-order valence-electron chi connectivity index (χ2n) is 5.39. The van der Waals surface area contributed by atoms with Gasteiger partial charge in [-0.05, 0) is 38.1 Å². The average molecular weight is 389 g/mol. The topological polar surface area (TPSA) is 36.3 Å². The first kappa shape index (κ1) is 17.1. The molecule has 126 valence electrons. The van der Waals surface area contributed by atoms with Gasteiger partial charge in [-0.3, -0.25) is 0 Å². The van der Waals surface area contributed by atoms with E-state index in [0.29, 0.717) is 19.8 Å². The predicted molar refractivity (Wildman–Crippen MR) is 99.9 cm³/mol. The zero-order chi connectivity index (χ0) is 16.9. The second kappa shape index (κ2) is 7.92. The summed E-state index contributed by atoms with van der Waals surface area (Å²) in [6, 6.07) is 16.3. The van der Waals surface area contributed by atoms with Gasteiger partial charge in [-0.1, -0.05) is 40.2 Å². The van der Waals surface area contributed by atoms with Crippen molar-refractivity contribution in [1.29, 1.82) is 0 Å².